The van der Waals surface area contributed by atoms with Gasteiger partial charge in [-0.25, -0.2) is 4.98 Å². The van der Waals surface area contributed by atoms with Gasteiger partial charge in [0.25, 0.3) is 0 Å². The zero-order chi connectivity index (χ0) is 10.1. The number of carbonyl (C=O) groups is 1. The third-order valence-electron chi connectivity index (χ3n) is 2.98. The van der Waals surface area contributed by atoms with E-state index in [-0.39, 0.29) is 0 Å². The molecule has 1 fully saturated rings. The molecule has 1 aliphatic carbocycles. The van der Waals surface area contributed by atoms with Gasteiger partial charge in [-0.3, -0.25) is 4.79 Å². The molecule has 1 saturated carbocycles. The van der Waals surface area contributed by atoms with E-state index in [4.69, 9.17) is 5.11 Å². The quantitative estimate of drug-likeness (QED) is 0.798. The van der Waals surface area contributed by atoms with Crippen molar-refractivity contribution in [2.45, 2.75) is 38.1 Å². The number of nitrogens with zero attached hydrogens (tertiary/aromatic N) is 2. The predicted octanol–water partition coefficient (Wildman–Crippen LogP) is 1.80. The van der Waals surface area contributed by atoms with Gasteiger partial charge in [0.15, 0.2) is 0 Å². The lowest BCUT2D eigenvalue weighted by Crippen LogP contribution is -2.21. The molecule has 0 amide bonds. The first-order chi connectivity index (χ1) is 6.70. The van der Waals surface area contributed by atoms with Crippen LogP contribution in [-0.2, 0) is 4.79 Å². The lowest BCUT2D eigenvalue weighted by Gasteiger charge is -2.29. The van der Waals surface area contributed by atoms with E-state index >= 15 is 0 Å². The summed E-state index contributed by atoms with van der Waals surface area (Å²) >= 11 is 0. The van der Waals surface area contributed by atoms with E-state index in [2.05, 4.69) is 4.98 Å². The van der Waals surface area contributed by atoms with Crippen LogP contribution in [0.1, 0.15) is 43.8 Å². The molecule has 0 spiro atoms. The number of hydrogen-bond donors (Lipinski definition) is 1. The van der Waals surface area contributed by atoms with Crippen molar-refractivity contribution < 1.29 is 9.90 Å². The number of aliphatic carboxylic acids is 1. The fourth-order valence-electron chi connectivity index (χ4n) is 1.75. The van der Waals surface area contributed by atoms with E-state index in [0.717, 1.165) is 18.5 Å². The summed E-state index contributed by atoms with van der Waals surface area (Å²) in [7, 11) is 0. The Morgan fingerprint density at radius 3 is 2.93 bits per heavy atom. The summed E-state index contributed by atoms with van der Waals surface area (Å²) in [4.78, 5) is 14.9. The molecule has 1 aromatic heterocycles. The second kappa shape index (κ2) is 3.44. The summed E-state index contributed by atoms with van der Waals surface area (Å²) in [6, 6.07) is 0.481. The molecule has 1 unspecified atom stereocenters. The molecule has 1 aliphatic rings. The summed E-state index contributed by atoms with van der Waals surface area (Å²) in [5, 5.41) is 8.91. The Labute approximate surface area is 82.6 Å². The maximum atomic E-state index is 10.8. The molecule has 0 aromatic carbocycles. The van der Waals surface area contributed by atoms with Crippen LogP contribution >= 0.6 is 0 Å². The Bertz CT molecular complexity index is 342. The Balaban J connectivity index is 2.24. The van der Waals surface area contributed by atoms with Crippen LogP contribution in [0.5, 0.6) is 0 Å². The summed E-state index contributed by atoms with van der Waals surface area (Å²) < 4.78 is 2.02. The molecular formula is C10H14N2O2. The number of imidazole rings is 1. The van der Waals surface area contributed by atoms with Gasteiger partial charge in [0.1, 0.15) is 0 Å². The highest BCUT2D eigenvalue weighted by atomic mass is 16.4. The van der Waals surface area contributed by atoms with E-state index in [1.807, 2.05) is 4.57 Å². The number of carboxylic acid groups (broad SMARTS) is 1. The molecule has 1 atom stereocenters. The van der Waals surface area contributed by atoms with Gasteiger partial charge in [0.05, 0.1) is 17.9 Å². The predicted molar refractivity (Wildman–Crippen MR) is 51.2 cm³/mol. The number of hydrogen-bond acceptors (Lipinski definition) is 2. The minimum absolute atomic E-state index is 0.460. The Hall–Kier alpha value is -1.32. The molecule has 2 rings (SSSR count). The highest BCUT2D eigenvalue weighted by Gasteiger charge is 2.25. The van der Waals surface area contributed by atoms with E-state index in [1.165, 1.54) is 6.42 Å². The van der Waals surface area contributed by atoms with Gasteiger partial charge in [-0.2, -0.15) is 0 Å². The van der Waals surface area contributed by atoms with Crippen LogP contribution in [0, 0.1) is 0 Å². The van der Waals surface area contributed by atoms with Crippen molar-refractivity contribution in [2.24, 2.45) is 0 Å². The van der Waals surface area contributed by atoms with Crippen LogP contribution in [-0.4, -0.2) is 20.6 Å². The van der Waals surface area contributed by atoms with E-state index in [0.29, 0.717) is 6.04 Å². The highest BCUT2D eigenvalue weighted by Crippen LogP contribution is 2.33. The maximum absolute atomic E-state index is 10.8. The van der Waals surface area contributed by atoms with Crippen LogP contribution in [0.2, 0.25) is 0 Å². The summed E-state index contributed by atoms with van der Waals surface area (Å²) in [6.07, 6.45) is 6.95. The summed E-state index contributed by atoms with van der Waals surface area (Å²) in [5.41, 5.74) is 0.821. The molecule has 1 aromatic rings. The second-order valence-electron chi connectivity index (χ2n) is 3.87. The third-order valence-corrected chi connectivity index (χ3v) is 2.98. The minimum atomic E-state index is -0.786. The number of carboxylic acids is 1. The van der Waals surface area contributed by atoms with Crippen molar-refractivity contribution in [3.05, 3.63) is 18.2 Å². The van der Waals surface area contributed by atoms with Crippen molar-refractivity contribution >= 4 is 5.97 Å². The highest BCUT2D eigenvalue weighted by molar-refractivity contribution is 5.74. The Morgan fingerprint density at radius 2 is 2.43 bits per heavy atom. The number of aromatic nitrogens is 2. The molecule has 1 N–H and O–H groups in total. The average molecular weight is 194 g/mol. The fourth-order valence-corrected chi connectivity index (χ4v) is 1.75. The smallest absolute Gasteiger partial charge is 0.312 e. The van der Waals surface area contributed by atoms with Gasteiger partial charge >= 0.3 is 5.97 Å². The van der Waals surface area contributed by atoms with Crippen LogP contribution in [0.4, 0.5) is 0 Å². The largest absolute Gasteiger partial charge is 0.481 e. The Kier molecular flexibility index (Phi) is 2.27. The average Bonchev–Trinajstić information content (AvgIpc) is 2.48. The maximum Gasteiger partial charge on any atom is 0.312 e. The van der Waals surface area contributed by atoms with Crippen molar-refractivity contribution in [2.75, 3.05) is 0 Å². The normalized spacial score (nSPS) is 18.9. The molecule has 4 heteroatoms. The molecule has 1 heterocycles. The molecule has 76 valence electrons. The first kappa shape index (κ1) is 9.24. The van der Waals surface area contributed by atoms with Crippen molar-refractivity contribution in [1.29, 1.82) is 0 Å². The second-order valence-corrected chi connectivity index (χ2v) is 3.87. The van der Waals surface area contributed by atoms with Crippen LogP contribution in [0.25, 0.3) is 0 Å². The van der Waals surface area contributed by atoms with Gasteiger partial charge in [0.2, 0.25) is 0 Å². The molecule has 0 bridgehead atoms. The van der Waals surface area contributed by atoms with Crippen molar-refractivity contribution in [1.82, 2.24) is 9.55 Å². The zero-order valence-corrected chi connectivity index (χ0v) is 8.18. The van der Waals surface area contributed by atoms with Crippen molar-refractivity contribution in [3.63, 3.8) is 0 Å². The van der Waals surface area contributed by atoms with Crippen LogP contribution in [0.3, 0.4) is 0 Å². The summed E-state index contributed by atoms with van der Waals surface area (Å²) in [5.74, 6) is -1.25. The monoisotopic (exact) mass is 194 g/mol. The molecule has 0 radical (unpaired) electrons. The number of rotatable bonds is 3. The van der Waals surface area contributed by atoms with Crippen LogP contribution in [0.15, 0.2) is 12.5 Å². The van der Waals surface area contributed by atoms with E-state index in [1.54, 1.807) is 19.4 Å². The first-order valence-corrected chi connectivity index (χ1v) is 4.94. The molecular weight excluding hydrogens is 180 g/mol. The van der Waals surface area contributed by atoms with Gasteiger partial charge in [-0.15, -0.1) is 0 Å². The molecule has 0 aliphatic heterocycles. The van der Waals surface area contributed by atoms with E-state index < -0.39 is 11.9 Å². The zero-order valence-electron chi connectivity index (χ0n) is 8.18. The third kappa shape index (κ3) is 1.41. The minimum Gasteiger partial charge on any atom is -0.481 e. The molecule has 4 nitrogen and oxygen atoms in total. The SMILES string of the molecule is CC(C(=O)O)c1cncn1C1CCC1. The van der Waals surface area contributed by atoms with Gasteiger partial charge in [0, 0.05) is 12.2 Å². The van der Waals surface area contributed by atoms with Gasteiger partial charge in [-0.1, -0.05) is 0 Å². The fraction of sp³-hybridized carbons (Fsp3) is 0.600. The van der Waals surface area contributed by atoms with Crippen molar-refractivity contribution in [3.8, 4) is 0 Å². The molecule has 0 saturated heterocycles. The van der Waals surface area contributed by atoms with Gasteiger partial charge < -0.3 is 9.67 Å². The van der Waals surface area contributed by atoms with E-state index in [9.17, 15) is 4.79 Å². The lowest BCUT2D eigenvalue weighted by molar-refractivity contribution is -0.138. The lowest BCUT2D eigenvalue weighted by atomic mass is 9.92. The first-order valence-electron chi connectivity index (χ1n) is 4.94. The Morgan fingerprint density at radius 1 is 1.71 bits per heavy atom. The van der Waals surface area contributed by atoms with Crippen LogP contribution < -0.4 is 0 Å². The standard InChI is InChI=1S/C10H14N2O2/c1-7(10(13)14)9-5-11-6-12(9)8-3-2-4-8/h5-8H,2-4H2,1H3,(H,13,14). The summed E-state index contributed by atoms with van der Waals surface area (Å²) in [6.45, 7) is 1.70. The molecule has 14 heavy (non-hydrogen) atoms. The topological polar surface area (TPSA) is 55.1 Å². The van der Waals surface area contributed by atoms with Gasteiger partial charge in [-0.05, 0) is 26.2 Å².